The van der Waals surface area contributed by atoms with Crippen LogP contribution in [0.4, 0.5) is 0 Å². The fourth-order valence-electron chi connectivity index (χ4n) is 3.19. The predicted molar refractivity (Wildman–Crippen MR) is 108 cm³/mol. The van der Waals surface area contributed by atoms with E-state index < -0.39 is 5.75 Å². The lowest BCUT2D eigenvalue weighted by molar-refractivity contribution is 0.368. The van der Waals surface area contributed by atoms with E-state index in [-0.39, 0.29) is 16.9 Å². The molecule has 146 valence electrons. The van der Waals surface area contributed by atoms with Crippen LogP contribution in [-0.4, -0.2) is 32.3 Å². The molecule has 3 N–H and O–H groups in total. The fourth-order valence-corrected chi connectivity index (χ4v) is 4.32. The van der Waals surface area contributed by atoms with Gasteiger partial charge < -0.3 is 15.3 Å². The van der Waals surface area contributed by atoms with E-state index in [1.165, 1.54) is 31.4 Å². The van der Waals surface area contributed by atoms with Crippen molar-refractivity contribution >= 4 is 17.6 Å². The Labute approximate surface area is 163 Å². The van der Waals surface area contributed by atoms with Crippen molar-refractivity contribution in [2.45, 2.75) is 64.3 Å². The molecule has 0 amide bonds. The largest absolute Gasteiger partial charge is 0.504 e. The van der Waals surface area contributed by atoms with Gasteiger partial charge in [-0.2, -0.15) is 5.10 Å². The molecule has 0 bridgehead atoms. The number of rotatable bonds is 3. The Morgan fingerprint density at radius 2 is 1.70 bits per heavy atom. The molecule has 0 radical (unpaired) electrons. The summed E-state index contributed by atoms with van der Waals surface area (Å²) in [6.07, 6.45) is 7.52. The average Bonchev–Trinajstić information content (AvgIpc) is 3.01. The van der Waals surface area contributed by atoms with Gasteiger partial charge >= 0.3 is 0 Å². The SMILES string of the molecule is CC(C)(C)c1cs/c(=N\C2CCCCC2)n1/N=C/c1cc(O)c(O)c(O)c1. The van der Waals surface area contributed by atoms with Crippen LogP contribution in [0.3, 0.4) is 0 Å². The summed E-state index contributed by atoms with van der Waals surface area (Å²) in [7, 11) is 0. The maximum Gasteiger partial charge on any atom is 0.206 e. The van der Waals surface area contributed by atoms with Gasteiger partial charge in [0.15, 0.2) is 17.2 Å². The van der Waals surface area contributed by atoms with Gasteiger partial charge in [-0.3, -0.25) is 4.99 Å². The van der Waals surface area contributed by atoms with Crippen molar-refractivity contribution in [2.24, 2.45) is 10.1 Å². The van der Waals surface area contributed by atoms with Gasteiger partial charge in [0.1, 0.15) is 0 Å². The Morgan fingerprint density at radius 1 is 1.07 bits per heavy atom. The normalized spacial score (nSPS) is 17.1. The van der Waals surface area contributed by atoms with Crippen molar-refractivity contribution in [3.8, 4) is 17.2 Å². The first-order valence-corrected chi connectivity index (χ1v) is 10.2. The van der Waals surface area contributed by atoms with Crippen LogP contribution in [0, 0.1) is 0 Å². The lowest BCUT2D eigenvalue weighted by Gasteiger charge is -2.19. The minimum Gasteiger partial charge on any atom is -0.504 e. The minimum absolute atomic E-state index is 0.104. The van der Waals surface area contributed by atoms with Crippen LogP contribution in [0.1, 0.15) is 64.1 Å². The molecule has 0 aliphatic heterocycles. The molecule has 0 atom stereocenters. The summed E-state index contributed by atoms with van der Waals surface area (Å²) in [5, 5.41) is 35.6. The molecule has 0 spiro atoms. The molecular weight excluding hydrogens is 362 g/mol. The van der Waals surface area contributed by atoms with Gasteiger partial charge in [0.25, 0.3) is 0 Å². The molecule has 0 saturated heterocycles. The summed E-state index contributed by atoms with van der Waals surface area (Å²) >= 11 is 1.58. The third-order valence-electron chi connectivity index (χ3n) is 4.74. The third kappa shape index (κ3) is 4.53. The second kappa shape index (κ2) is 7.76. The molecule has 27 heavy (non-hydrogen) atoms. The summed E-state index contributed by atoms with van der Waals surface area (Å²) in [4.78, 5) is 5.80. The highest BCUT2D eigenvalue weighted by Crippen LogP contribution is 2.34. The molecule has 1 aliphatic carbocycles. The van der Waals surface area contributed by atoms with Crippen molar-refractivity contribution < 1.29 is 15.3 Å². The first kappa shape index (κ1) is 19.5. The van der Waals surface area contributed by atoms with Gasteiger partial charge in [-0.1, -0.05) is 40.0 Å². The van der Waals surface area contributed by atoms with E-state index in [0.717, 1.165) is 23.3 Å². The number of hydrogen-bond acceptors (Lipinski definition) is 6. The van der Waals surface area contributed by atoms with E-state index in [9.17, 15) is 15.3 Å². The van der Waals surface area contributed by atoms with Gasteiger partial charge in [-0.05, 0) is 25.0 Å². The molecule has 1 aliphatic rings. The number of phenols is 3. The number of aromatic hydroxyl groups is 3. The summed E-state index contributed by atoms with van der Waals surface area (Å²) < 4.78 is 1.85. The summed E-state index contributed by atoms with van der Waals surface area (Å²) in [6, 6.07) is 3.06. The third-order valence-corrected chi connectivity index (χ3v) is 5.57. The van der Waals surface area contributed by atoms with Crippen molar-refractivity contribution in [3.63, 3.8) is 0 Å². The quantitative estimate of drug-likeness (QED) is 0.546. The van der Waals surface area contributed by atoms with E-state index in [4.69, 9.17) is 4.99 Å². The second-order valence-electron chi connectivity index (χ2n) is 8.04. The maximum atomic E-state index is 9.70. The van der Waals surface area contributed by atoms with Crippen LogP contribution in [0.5, 0.6) is 17.2 Å². The van der Waals surface area contributed by atoms with Crippen LogP contribution >= 0.6 is 11.3 Å². The van der Waals surface area contributed by atoms with E-state index >= 15 is 0 Å². The van der Waals surface area contributed by atoms with Crippen LogP contribution in [0.25, 0.3) is 0 Å². The zero-order valence-corrected chi connectivity index (χ0v) is 16.8. The first-order chi connectivity index (χ1) is 12.8. The molecule has 6 nitrogen and oxygen atoms in total. The Morgan fingerprint density at radius 3 is 2.30 bits per heavy atom. The maximum absolute atomic E-state index is 9.70. The molecular formula is C20H27N3O3S. The number of aromatic nitrogens is 1. The van der Waals surface area contributed by atoms with Crippen molar-refractivity contribution in [1.82, 2.24) is 4.68 Å². The first-order valence-electron chi connectivity index (χ1n) is 9.30. The van der Waals surface area contributed by atoms with E-state index in [0.29, 0.717) is 11.6 Å². The van der Waals surface area contributed by atoms with Crippen molar-refractivity contribution in [2.75, 3.05) is 0 Å². The summed E-state index contributed by atoms with van der Waals surface area (Å²) in [5.74, 6) is -1.29. The van der Waals surface area contributed by atoms with Crippen LogP contribution in [-0.2, 0) is 5.41 Å². The van der Waals surface area contributed by atoms with Gasteiger partial charge in [-0.15, -0.1) is 11.3 Å². The van der Waals surface area contributed by atoms with Gasteiger partial charge in [-0.25, -0.2) is 4.68 Å². The number of phenolic OH excluding ortho intramolecular Hbond substituents is 3. The van der Waals surface area contributed by atoms with E-state index in [1.807, 2.05) is 4.68 Å². The number of hydrogen-bond donors (Lipinski definition) is 3. The summed E-state index contributed by atoms with van der Waals surface area (Å²) in [5.41, 5.74) is 1.43. The minimum atomic E-state index is -0.529. The zero-order valence-electron chi connectivity index (χ0n) is 16.0. The zero-order chi connectivity index (χ0) is 19.6. The van der Waals surface area contributed by atoms with Crippen LogP contribution < -0.4 is 4.80 Å². The van der Waals surface area contributed by atoms with E-state index in [1.54, 1.807) is 17.6 Å². The number of nitrogens with zero attached hydrogens (tertiary/aromatic N) is 3. The number of benzene rings is 1. The highest BCUT2D eigenvalue weighted by molar-refractivity contribution is 7.07. The Hall–Kier alpha value is -2.28. The van der Waals surface area contributed by atoms with Gasteiger partial charge in [0.2, 0.25) is 4.80 Å². The van der Waals surface area contributed by atoms with Crippen LogP contribution in [0.15, 0.2) is 27.6 Å². The average molecular weight is 390 g/mol. The molecule has 1 heterocycles. The van der Waals surface area contributed by atoms with Crippen molar-refractivity contribution in [1.29, 1.82) is 0 Å². The molecule has 7 heteroatoms. The van der Waals surface area contributed by atoms with E-state index in [2.05, 4.69) is 31.3 Å². The molecule has 3 rings (SSSR count). The highest BCUT2D eigenvalue weighted by atomic mass is 32.1. The Balaban J connectivity index is 2.02. The second-order valence-corrected chi connectivity index (χ2v) is 8.88. The number of thiazole rings is 1. The molecule has 1 aromatic carbocycles. The Kier molecular flexibility index (Phi) is 5.60. The van der Waals surface area contributed by atoms with Crippen LogP contribution in [0.2, 0.25) is 0 Å². The molecule has 1 fully saturated rings. The lowest BCUT2D eigenvalue weighted by Crippen LogP contribution is -2.24. The van der Waals surface area contributed by atoms with Crippen molar-refractivity contribution in [3.05, 3.63) is 33.6 Å². The smallest absolute Gasteiger partial charge is 0.206 e. The summed E-state index contributed by atoms with van der Waals surface area (Å²) in [6.45, 7) is 6.39. The fraction of sp³-hybridized carbons (Fsp3) is 0.500. The monoisotopic (exact) mass is 389 g/mol. The highest BCUT2D eigenvalue weighted by Gasteiger charge is 2.21. The molecule has 1 saturated carbocycles. The lowest BCUT2D eigenvalue weighted by atomic mass is 9.93. The van der Waals surface area contributed by atoms with Gasteiger partial charge in [0.05, 0.1) is 18.0 Å². The molecule has 1 aromatic heterocycles. The molecule has 2 aromatic rings. The standard InChI is InChI=1S/C20H27N3O3S/c1-20(2,3)17-12-27-19(22-14-7-5-4-6-8-14)23(17)21-11-13-9-15(24)18(26)16(25)10-13/h9-12,14,24-26H,4-8H2,1-3H3/b21-11+,22-19-. The topological polar surface area (TPSA) is 90.3 Å². The molecule has 0 unspecified atom stereocenters. The Bertz CT molecular complexity index is 877. The predicted octanol–water partition coefficient (Wildman–Crippen LogP) is 4.08. The van der Waals surface area contributed by atoms with Gasteiger partial charge in [0, 0.05) is 16.4 Å².